The molecular weight excluding hydrogens is 262 g/mol. The first kappa shape index (κ1) is 12.1. The Labute approximate surface area is 107 Å². The van der Waals surface area contributed by atoms with Gasteiger partial charge in [0.25, 0.3) is 0 Å². The second-order valence-electron chi connectivity index (χ2n) is 5.21. The van der Waals surface area contributed by atoms with E-state index in [0.717, 1.165) is 19.0 Å². The summed E-state index contributed by atoms with van der Waals surface area (Å²) in [7, 11) is 0. The number of nitrogens with one attached hydrogen (secondary N) is 1. The average Bonchev–Trinajstić information content (AvgIpc) is 3.02. The molecule has 1 saturated carbocycles. The predicted molar refractivity (Wildman–Crippen MR) is 72.4 cm³/mol. The summed E-state index contributed by atoms with van der Waals surface area (Å²) in [5.74, 6) is 0.805. The second-order valence-corrected chi connectivity index (χ2v) is 6.07. The molecule has 1 fully saturated rings. The molecule has 0 radical (unpaired) electrons. The highest BCUT2D eigenvalue weighted by Crippen LogP contribution is 2.51. The molecule has 2 heteroatoms. The molecule has 88 valence electrons. The first-order valence-electron chi connectivity index (χ1n) is 6.08. The lowest BCUT2D eigenvalue weighted by molar-refractivity contribution is 0.337. The Morgan fingerprint density at radius 1 is 1.31 bits per heavy atom. The highest BCUT2D eigenvalue weighted by molar-refractivity contribution is 9.10. The molecule has 1 aliphatic rings. The summed E-state index contributed by atoms with van der Waals surface area (Å²) in [4.78, 5) is 0. The van der Waals surface area contributed by atoms with Gasteiger partial charge in [0.15, 0.2) is 0 Å². The molecule has 16 heavy (non-hydrogen) atoms. The quantitative estimate of drug-likeness (QED) is 0.861. The van der Waals surface area contributed by atoms with E-state index in [-0.39, 0.29) is 0 Å². The van der Waals surface area contributed by atoms with Gasteiger partial charge in [-0.1, -0.05) is 48.0 Å². The van der Waals surface area contributed by atoms with Gasteiger partial charge >= 0.3 is 0 Å². The number of benzene rings is 1. The fourth-order valence-electron chi connectivity index (χ4n) is 2.21. The van der Waals surface area contributed by atoms with Gasteiger partial charge in [-0.2, -0.15) is 0 Å². The lowest BCUT2D eigenvalue weighted by Gasteiger charge is -2.20. The van der Waals surface area contributed by atoms with Gasteiger partial charge in [0.1, 0.15) is 0 Å². The van der Waals surface area contributed by atoms with Crippen LogP contribution in [0.15, 0.2) is 28.7 Å². The highest BCUT2D eigenvalue weighted by atomic mass is 79.9. The number of halogens is 1. The Hall–Kier alpha value is -0.340. The predicted octanol–water partition coefficient (Wildman–Crippen LogP) is 3.97. The maximum atomic E-state index is 3.60. The molecule has 0 amide bonds. The third-order valence-corrected chi connectivity index (χ3v) is 4.64. The molecule has 0 spiro atoms. The van der Waals surface area contributed by atoms with Gasteiger partial charge in [0.2, 0.25) is 0 Å². The Kier molecular flexibility index (Phi) is 3.70. The van der Waals surface area contributed by atoms with E-state index in [1.54, 1.807) is 0 Å². The lowest BCUT2D eigenvalue weighted by Crippen LogP contribution is -2.27. The summed E-state index contributed by atoms with van der Waals surface area (Å²) in [6, 6.07) is 8.43. The molecule has 1 aromatic carbocycles. The molecule has 1 nitrogen and oxygen atoms in total. The van der Waals surface area contributed by atoms with Crippen LogP contribution >= 0.6 is 15.9 Å². The Bertz CT molecular complexity index is 356. The van der Waals surface area contributed by atoms with Gasteiger partial charge in [0, 0.05) is 17.6 Å². The standard InChI is InChI=1S/C14H20BrN/c1-11(2)14(7-8-14)10-16-9-12-5-3-4-6-13(12)15/h3-6,11,16H,7-10H2,1-2H3. The topological polar surface area (TPSA) is 12.0 Å². The van der Waals surface area contributed by atoms with Crippen molar-refractivity contribution < 1.29 is 0 Å². The van der Waals surface area contributed by atoms with Crippen LogP contribution in [0.4, 0.5) is 0 Å². The molecule has 0 aliphatic heterocycles. The van der Waals surface area contributed by atoms with Gasteiger partial charge < -0.3 is 5.32 Å². The van der Waals surface area contributed by atoms with Gasteiger partial charge in [-0.15, -0.1) is 0 Å². The summed E-state index contributed by atoms with van der Waals surface area (Å²) in [5, 5.41) is 3.60. The SMILES string of the molecule is CC(C)C1(CNCc2ccccc2Br)CC1. The number of hydrogen-bond donors (Lipinski definition) is 1. The molecule has 0 atom stereocenters. The van der Waals surface area contributed by atoms with Crippen molar-refractivity contribution in [3.8, 4) is 0 Å². The third kappa shape index (κ3) is 2.67. The van der Waals surface area contributed by atoms with E-state index >= 15 is 0 Å². The number of hydrogen-bond acceptors (Lipinski definition) is 1. The van der Waals surface area contributed by atoms with Crippen molar-refractivity contribution in [2.75, 3.05) is 6.54 Å². The van der Waals surface area contributed by atoms with Crippen LogP contribution in [0.25, 0.3) is 0 Å². The minimum absolute atomic E-state index is 0.598. The Morgan fingerprint density at radius 3 is 2.56 bits per heavy atom. The van der Waals surface area contributed by atoms with Crippen molar-refractivity contribution in [2.45, 2.75) is 33.2 Å². The molecule has 0 aromatic heterocycles. The van der Waals surface area contributed by atoms with Gasteiger partial charge in [-0.3, -0.25) is 0 Å². The van der Waals surface area contributed by atoms with Crippen LogP contribution in [0.3, 0.4) is 0 Å². The molecule has 1 N–H and O–H groups in total. The van der Waals surface area contributed by atoms with Crippen LogP contribution < -0.4 is 5.32 Å². The monoisotopic (exact) mass is 281 g/mol. The van der Waals surface area contributed by atoms with Gasteiger partial charge in [0.05, 0.1) is 0 Å². The summed E-state index contributed by atoms with van der Waals surface area (Å²) < 4.78 is 1.21. The van der Waals surface area contributed by atoms with E-state index in [4.69, 9.17) is 0 Å². The Balaban J connectivity index is 1.83. The molecular formula is C14H20BrN. The minimum Gasteiger partial charge on any atom is -0.312 e. The maximum Gasteiger partial charge on any atom is 0.0220 e. The summed E-state index contributed by atoms with van der Waals surface area (Å²) in [5.41, 5.74) is 1.95. The molecule has 0 bridgehead atoms. The normalized spacial score (nSPS) is 17.8. The zero-order valence-electron chi connectivity index (χ0n) is 10.1. The maximum absolute atomic E-state index is 3.60. The van der Waals surface area contributed by atoms with Crippen LogP contribution in [0.5, 0.6) is 0 Å². The van der Waals surface area contributed by atoms with Crippen LogP contribution in [0.2, 0.25) is 0 Å². The van der Waals surface area contributed by atoms with Crippen molar-refractivity contribution in [1.29, 1.82) is 0 Å². The van der Waals surface area contributed by atoms with Gasteiger partial charge in [-0.25, -0.2) is 0 Å². The first-order chi connectivity index (χ1) is 7.64. The minimum atomic E-state index is 0.598. The second kappa shape index (κ2) is 4.89. The number of rotatable bonds is 5. The smallest absolute Gasteiger partial charge is 0.0220 e. The van der Waals surface area contributed by atoms with Crippen molar-refractivity contribution in [3.05, 3.63) is 34.3 Å². The van der Waals surface area contributed by atoms with E-state index in [0.29, 0.717) is 5.41 Å². The molecule has 2 rings (SSSR count). The van der Waals surface area contributed by atoms with Crippen molar-refractivity contribution >= 4 is 15.9 Å². The molecule has 0 unspecified atom stereocenters. The van der Waals surface area contributed by atoms with Crippen LogP contribution in [0, 0.1) is 11.3 Å². The lowest BCUT2D eigenvalue weighted by atomic mass is 9.92. The largest absolute Gasteiger partial charge is 0.312 e. The van der Waals surface area contributed by atoms with E-state index in [1.165, 1.54) is 22.9 Å². The molecule has 0 heterocycles. The average molecular weight is 282 g/mol. The highest BCUT2D eigenvalue weighted by Gasteiger charge is 2.44. The van der Waals surface area contributed by atoms with Crippen LogP contribution in [-0.4, -0.2) is 6.54 Å². The van der Waals surface area contributed by atoms with Crippen molar-refractivity contribution in [2.24, 2.45) is 11.3 Å². The van der Waals surface area contributed by atoms with E-state index in [9.17, 15) is 0 Å². The summed E-state index contributed by atoms with van der Waals surface area (Å²) >= 11 is 3.58. The summed E-state index contributed by atoms with van der Waals surface area (Å²) in [6.45, 7) is 6.81. The van der Waals surface area contributed by atoms with E-state index in [1.807, 2.05) is 0 Å². The zero-order chi connectivity index (χ0) is 11.6. The van der Waals surface area contributed by atoms with Crippen LogP contribution in [-0.2, 0) is 6.54 Å². The van der Waals surface area contributed by atoms with Crippen molar-refractivity contribution in [3.63, 3.8) is 0 Å². The Morgan fingerprint density at radius 2 is 2.00 bits per heavy atom. The molecule has 1 aliphatic carbocycles. The zero-order valence-corrected chi connectivity index (χ0v) is 11.7. The third-order valence-electron chi connectivity index (χ3n) is 3.87. The van der Waals surface area contributed by atoms with E-state index in [2.05, 4.69) is 59.4 Å². The fourth-order valence-corrected chi connectivity index (χ4v) is 2.63. The summed E-state index contributed by atoms with van der Waals surface area (Å²) in [6.07, 6.45) is 2.79. The fraction of sp³-hybridized carbons (Fsp3) is 0.571. The van der Waals surface area contributed by atoms with Crippen molar-refractivity contribution in [1.82, 2.24) is 5.32 Å². The van der Waals surface area contributed by atoms with E-state index < -0.39 is 0 Å². The molecule has 0 saturated heterocycles. The van der Waals surface area contributed by atoms with Gasteiger partial charge in [-0.05, 0) is 35.8 Å². The van der Waals surface area contributed by atoms with Crippen LogP contribution in [0.1, 0.15) is 32.3 Å². The molecule has 1 aromatic rings. The first-order valence-corrected chi connectivity index (χ1v) is 6.87.